The summed E-state index contributed by atoms with van der Waals surface area (Å²) in [6, 6.07) is 26.1. The van der Waals surface area contributed by atoms with Gasteiger partial charge in [0.25, 0.3) is 5.91 Å². The van der Waals surface area contributed by atoms with Crippen LogP contribution in [0.2, 0.25) is 15.1 Å². The van der Waals surface area contributed by atoms with Crippen LogP contribution in [-0.2, 0) is 9.53 Å². The van der Waals surface area contributed by atoms with Crippen LogP contribution >= 0.6 is 34.8 Å². The fourth-order valence-corrected chi connectivity index (χ4v) is 9.36. The van der Waals surface area contributed by atoms with Crippen molar-refractivity contribution in [2.24, 2.45) is 5.92 Å². The van der Waals surface area contributed by atoms with Crippen LogP contribution in [0.1, 0.15) is 82.6 Å². The Morgan fingerprint density at radius 1 is 0.862 bits per heavy atom. The first-order valence-corrected chi connectivity index (χ1v) is 20.8. The summed E-state index contributed by atoms with van der Waals surface area (Å²) in [5.74, 6) is -0.582. The van der Waals surface area contributed by atoms with Gasteiger partial charge in [0, 0.05) is 69.8 Å². The monoisotopic (exact) mass is 835 g/mol. The number of anilines is 2. The van der Waals surface area contributed by atoms with Gasteiger partial charge in [-0.3, -0.25) is 9.59 Å². The highest BCUT2D eigenvalue weighted by Gasteiger charge is 2.33. The Morgan fingerprint density at radius 2 is 1.59 bits per heavy atom. The van der Waals surface area contributed by atoms with Crippen molar-refractivity contribution in [1.29, 1.82) is 0 Å². The molecule has 0 spiro atoms. The zero-order chi connectivity index (χ0) is 40.5. The molecule has 1 saturated heterocycles. The summed E-state index contributed by atoms with van der Waals surface area (Å²) < 4.78 is 5.08. The van der Waals surface area contributed by atoms with E-state index in [4.69, 9.17) is 39.5 Å². The minimum Gasteiger partial charge on any atom is -0.465 e. The molecule has 2 N–H and O–H groups in total. The number of amides is 2. The standard InChI is InChI=1S/C46H44Cl3N5O4/c1-28(34-17-15-32(47)26-37(34)49)54-20-8-13-35(29-9-4-3-5-10-29)43(54)41-36-18-16-33(48)27-38(36)50-42(41)44(55)51-39-25-31(46(57)58-2)14-19-40(39)52-21-23-53(24-22-52)45(56)30-11-6-7-12-30/h3-5,8-10,14-20,25-28,30,50H,6-7,11-13,21-24H2,1-2H3,(H,51,55). The number of nitrogens with one attached hydrogen (secondary N) is 2. The van der Waals surface area contributed by atoms with E-state index in [0.717, 1.165) is 59.2 Å². The quantitative estimate of drug-likeness (QED) is 0.144. The number of H-pyrrole nitrogens is 1. The number of hydrogen-bond donors (Lipinski definition) is 2. The average Bonchev–Trinajstić information content (AvgIpc) is 3.92. The predicted molar refractivity (Wildman–Crippen MR) is 234 cm³/mol. The van der Waals surface area contributed by atoms with Crippen molar-refractivity contribution >= 4 is 86.1 Å². The van der Waals surface area contributed by atoms with Crippen LogP contribution in [0.25, 0.3) is 22.2 Å². The van der Waals surface area contributed by atoms with Crippen LogP contribution in [0.5, 0.6) is 0 Å². The molecule has 3 heterocycles. The number of aromatic nitrogens is 1. The Balaban J connectivity index is 1.22. The SMILES string of the molecule is COC(=O)c1ccc(N2CCN(C(=O)C3CCCC3)CC2)c(NC(=O)c2[nH]c3cc(Cl)ccc3c2C2=C(c3ccccc3)CC=CN2C(C)c2ccc(Cl)cc2Cl)c1. The topological polar surface area (TPSA) is 98.0 Å². The van der Waals surface area contributed by atoms with Gasteiger partial charge in [-0.15, -0.1) is 0 Å². The normalized spacial score (nSPS) is 16.6. The molecule has 1 aliphatic carbocycles. The number of rotatable bonds is 9. The number of halogens is 3. The lowest BCUT2D eigenvalue weighted by Crippen LogP contribution is -2.50. The van der Waals surface area contributed by atoms with E-state index in [0.29, 0.717) is 75.7 Å². The van der Waals surface area contributed by atoms with Crippen molar-refractivity contribution in [2.45, 2.75) is 45.1 Å². The molecule has 2 aliphatic heterocycles. The molecule has 1 aromatic heterocycles. The van der Waals surface area contributed by atoms with E-state index in [9.17, 15) is 9.59 Å². The van der Waals surface area contributed by atoms with Gasteiger partial charge in [0.05, 0.1) is 35.8 Å². The van der Waals surface area contributed by atoms with E-state index < -0.39 is 11.9 Å². The maximum absolute atomic E-state index is 15.0. The predicted octanol–water partition coefficient (Wildman–Crippen LogP) is 10.9. The van der Waals surface area contributed by atoms with Gasteiger partial charge in [-0.05, 0) is 85.4 Å². The number of allylic oxidation sites excluding steroid dienone is 2. The number of hydrogen-bond acceptors (Lipinski definition) is 6. The molecule has 1 unspecified atom stereocenters. The maximum Gasteiger partial charge on any atom is 0.337 e. The molecule has 0 bridgehead atoms. The van der Waals surface area contributed by atoms with Crippen molar-refractivity contribution in [1.82, 2.24) is 14.8 Å². The number of fused-ring (bicyclic) bond motifs is 1. The Bertz CT molecular complexity index is 2450. The lowest BCUT2D eigenvalue weighted by Gasteiger charge is -2.38. The summed E-state index contributed by atoms with van der Waals surface area (Å²) in [6.07, 6.45) is 8.89. The van der Waals surface area contributed by atoms with Gasteiger partial charge in [-0.25, -0.2) is 4.79 Å². The number of nitrogens with zero attached hydrogens (tertiary/aromatic N) is 3. The van der Waals surface area contributed by atoms with Crippen molar-refractivity contribution < 1.29 is 19.1 Å². The van der Waals surface area contributed by atoms with Gasteiger partial charge in [0.1, 0.15) is 5.69 Å². The first kappa shape index (κ1) is 39.6. The summed E-state index contributed by atoms with van der Waals surface area (Å²) in [5, 5.41) is 5.59. The number of carbonyl (C=O) groups excluding carboxylic acids is 3. The second-order valence-corrected chi connectivity index (χ2v) is 16.3. The third kappa shape index (κ3) is 7.83. The Labute approximate surface area is 353 Å². The molecule has 2 fully saturated rings. The number of benzene rings is 4. The molecule has 1 saturated carbocycles. The molecule has 12 heteroatoms. The van der Waals surface area contributed by atoms with Gasteiger partial charge >= 0.3 is 5.97 Å². The first-order chi connectivity index (χ1) is 28.1. The van der Waals surface area contributed by atoms with Crippen LogP contribution < -0.4 is 10.2 Å². The number of carbonyl (C=O) groups is 3. The van der Waals surface area contributed by atoms with E-state index in [1.165, 1.54) is 7.11 Å². The molecule has 4 aromatic carbocycles. The lowest BCUT2D eigenvalue weighted by molar-refractivity contribution is -0.135. The number of piperazine rings is 1. The van der Waals surface area contributed by atoms with Gasteiger partial charge in [0.15, 0.2) is 0 Å². The highest BCUT2D eigenvalue weighted by molar-refractivity contribution is 6.35. The van der Waals surface area contributed by atoms with Crippen molar-refractivity contribution in [3.63, 3.8) is 0 Å². The van der Waals surface area contributed by atoms with Gasteiger partial charge in [0.2, 0.25) is 5.91 Å². The van der Waals surface area contributed by atoms with E-state index >= 15 is 4.79 Å². The van der Waals surface area contributed by atoms with Crippen LogP contribution in [0.4, 0.5) is 11.4 Å². The number of esters is 1. The third-order valence-electron chi connectivity index (χ3n) is 11.6. The van der Waals surface area contributed by atoms with Gasteiger partial charge < -0.3 is 29.7 Å². The Morgan fingerprint density at radius 3 is 2.31 bits per heavy atom. The molecule has 9 nitrogen and oxygen atoms in total. The molecule has 8 rings (SSSR count). The summed E-state index contributed by atoms with van der Waals surface area (Å²) in [6.45, 7) is 4.38. The molecule has 2 amide bonds. The number of aromatic amines is 1. The van der Waals surface area contributed by atoms with E-state index in [-0.39, 0.29) is 17.9 Å². The van der Waals surface area contributed by atoms with Crippen molar-refractivity contribution in [2.75, 3.05) is 43.5 Å². The highest BCUT2D eigenvalue weighted by atomic mass is 35.5. The Kier molecular flexibility index (Phi) is 11.6. The fraction of sp³-hybridized carbons (Fsp3) is 0.283. The van der Waals surface area contributed by atoms with Crippen molar-refractivity contribution in [3.05, 3.63) is 140 Å². The third-order valence-corrected chi connectivity index (χ3v) is 12.4. The molecular formula is C46H44Cl3N5O4. The van der Waals surface area contributed by atoms with Crippen LogP contribution in [0.15, 0.2) is 97.2 Å². The number of methoxy groups -OCH3 is 1. The lowest BCUT2D eigenvalue weighted by atomic mass is 9.90. The minimum absolute atomic E-state index is 0.111. The molecule has 1 atom stereocenters. The minimum atomic E-state index is -0.521. The molecular weight excluding hydrogens is 793 g/mol. The van der Waals surface area contributed by atoms with E-state index in [1.807, 2.05) is 65.7 Å². The van der Waals surface area contributed by atoms with Crippen molar-refractivity contribution in [3.8, 4) is 0 Å². The molecule has 3 aliphatic rings. The van der Waals surface area contributed by atoms with Gasteiger partial charge in [-0.2, -0.15) is 0 Å². The van der Waals surface area contributed by atoms with Crippen LogP contribution in [0, 0.1) is 5.92 Å². The second-order valence-electron chi connectivity index (χ2n) is 15.1. The summed E-state index contributed by atoms with van der Waals surface area (Å²) in [5.41, 5.74) is 6.90. The van der Waals surface area contributed by atoms with E-state index in [1.54, 1.807) is 18.2 Å². The zero-order valence-corrected chi connectivity index (χ0v) is 34.6. The number of ether oxygens (including phenoxy) is 1. The second kappa shape index (κ2) is 16.9. The summed E-state index contributed by atoms with van der Waals surface area (Å²) >= 11 is 19.7. The van der Waals surface area contributed by atoms with Crippen LogP contribution in [0.3, 0.4) is 0 Å². The average molecular weight is 837 g/mol. The van der Waals surface area contributed by atoms with Crippen LogP contribution in [-0.4, -0.2) is 65.9 Å². The molecule has 298 valence electrons. The first-order valence-electron chi connectivity index (χ1n) is 19.7. The zero-order valence-electron chi connectivity index (χ0n) is 32.4. The molecule has 5 aromatic rings. The maximum atomic E-state index is 15.0. The summed E-state index contributed by atoms with van der Waals surface area (Å²) in [4.78, 5) is 50.9. The summed E-state index contributed by atoms with van der Waals surface area (Å²) in [7, 11) is 1.33. The largest absolute Gasteiger partial charge is 0.465 e. The Hall–Kier alpha value is -5.22. The highest BCUT2D eigenvalue weighted by Crippen LogP contribution is 2.45. The molecule has 0 radical (unpaired) electrons. The van der Waals surface area contributed by atoms with E-state index in [2.05, 4.69) is 45.2 Å². The molecule has 58 heavy (non-hydrogen) atoms. The fourth-order valence-electron chi connectivity index (χ4n) is 8.62. The smallest absolute Gasteiger partial charge is 0.337 e. The van der Waals surface area contributed by atoms with Gasteiger partial charge in [-0.1, -0.05) is 96.2 Å².